The number of halogens is 3. The van der Waals surface area contributed by atoms with Gasteiger partial charge in [-0.2, -0.15) is 13.2 Å². The summed E-state index contributed by atoms with van der Waals surface area (Å²) < 4.78 is 45.3. The molecule has 0 bridgehead atoms. The number of nitrogens with one attached hydrogen (secondary N) is 1. The second-order valence-electron chi connectivity index (χ2n) is 5.89. The molecule has 2 unspecified atom stereocenters. The Labute approximate surface area is 143 Å². The predicted molar refractivity (Wildman–Crippen MR) is 86.9 cm³/mol. The van der Waals surface area contributed by atoms with Crippen molar-refractivity contribution in [3.05, 3.63) is 36.2 Å². The Kier molecular flexibility index (Phi) is 5.17. The Bertz CT molecular complexity index is 703. The van der Waals surface area contributed by atoms with Crippen LogP contribution in [0.25, 0.3) is 11.5 Å². The van der Waals surface area contributed by atoms with E-state index in [4.69, 9.17) is 4.74 Å². The SMILES string of the molecule is CCC(Nc1cc(C(F)(F)F)nc(-c2ccccn2)n1)C1CCCO1. The molecule has 5 nitrogen and oxygen atoms in total. The van der Waals surface area contributed by atoms with Crippen LogP contribution in [-0.2, 0) is 10.9 Å². The third-order valence-corrected chi connectivity index (χ3v) is 4.10. The molecule has 25 heavy (non-hydrogen) atoms. The fraction of sp³-hybridized carbons (Fsp3) is 0.471. The lowest BCUT2D eigenvalue weighted by Crippen LogP contribution is -2.33. The molecule has 1 aliphatic heterocycles. The molecule has 0 aliphatic carbocycles. The minimum absolute atomic E-state index is 0.0207. The standard InChI is InChI=1S/C17H19F3N4O/c1-2-11(13-7-5-9-25-13)22-15-10-14(17(18,19)20)23-16(24-15)12-6-3-4-8-21-12/h3-4,6,8,10-11,13H,2,5,7,9H2,1H3,(H,22,23,24). The van der Waals surface area contributed by atoms with Gasteiger partial charge in [-0.1, -0.05) is 13.0 Å². The first kappa shape index (κ1) is 17.6. The monoisotopic (exact) mass is 352 g/mol. The van der Waals surface area contributed by atoms with E-state index in [0.717, 1.165) is 25.3 Å². The van der Waals surface area contributed by atoms with Crippen molar-refractivity contribution in [3.8, 4) is 11.5 Å². The van der Waals surface area contributed by atoms with Gasteiger partial charge in [0.15, 0.2) is 11.5 Å². The molecule has 0 aromatic carbocycles. The Morgan fingerprint density at radius 2 is 2.16 bits per heavy atom. The molecule has 134 valence electrons. The molecule has 1 fully saturated rings. The highest BCUT2D eigenvalue weighted by molar-refractivity contribution is 5.53. The maximum Gasteiger partial charge on any atom is 0.433 e. The molecule has 2 aromatic heterocycles. The van der Waals surface area contributed by atoms with Gasteiger partial charge >= 0.3 is 6.18 Å². The molecule has 0 spiro atoms. The van der Waals surface area contributed by atoms with Gasteiger partial charge in [0.1, 0.15) is 11.5 Å². The van der Waals surface area contributed by atoms with Gasteiger partial charge in [0, 0.05) is 18.9 Å². The van der Waals surface area contributed by atoms with Gasteiger partial charge in [0.2, 0.25) is 0 Å². The maximum atomic E-state index is 13.2. The number of ether oxygens (including phenoxy) is 1. The number of alkyl halides is 3. The maximum absolute atomic E-state index is 13.2. The van der Waals surface area contributed by atoms with E-state index in [1.54, 1.807) is 18.2 Å². The summed E-state index contributed by atoms with van der Waals surface area (Å²) in [6.07, 6.45) is -0.529. The van der Waals surface area contributed by atoms with Crippen LogP contribution in [0.15, 0.2) is 30.5 Å². The summed E-state index contributed by atoms with van der Waals surface area (Å²) in [4.78, 5) is 11.9. The largest absolute Gasteiger partial charge is 0.433 e. The van der Waals surface area contributed by atoms with Crippen LogP contribution in [0.1, 0.15) is 31.9 Å². The molecule has 2 aromatic rings. The first-order valence-corrected chi connectivity index (χ1v) is 8.23. The van der Waals surface area contributed by atoms with Gasteiger partial charge in [-0.25, -0.2) is 9.97 Å². The van der Waals surface area contributed by atoms with Crippen molar-refractivity contribution < 1.29 is 17.9 Å². The van der Waals surface area contributed by atoms with Crippen LogP contribution in [0.5, 0.6) is 0 Å². The van der Waals surface area contributed by atoms with Gasteiger partial charge in [0.05, 0.1) is 12.1 Å². The lowest BCUT2D eigenvalue weighted by atomic mass is 10.1. The van der Waals surface area contributed by atoms with E-state index in [1.165, 1.54) is 6.20 Å². The highest BCUT2D eigenvalue weighted by Crippen LogP contribution is 2.31. The van der Waals surface area contributed by atoms with Crippen molar-refractivity contribution >= 4 is 5.82 Å². The van der Waals surface area contributed by atoms with Crippen molar-refractivity contribution in [2.24, 2.45) is 0 Å². The molecule has 1 aliphatic rings. The molecule has 0 radical (unpaired) electrons. The van der Waals surface area contributed by atoms with Crippen LogP contribution >= 0.6 is 0 Å². The second-order valence-corrected chi connectivity index (χ2v) is 5.89. The van der Waals surface area contributed by atoms with E-state index >= 15 is 0 Å². The smallest absolute Gasteiger partial charge is 0.376 e. The normalized spacial score (nSPS) is 19.0. The van der Waals surface area contributed by atoms with E-state index in [0.29, 0.717) is 12.3 Å². The third kappa shape index (κ3) is 4.25. The lowest BCUT2D eigenvalue weighted by Gasteiger charge is -2.24. The highest BCUT2D eigenvalue weighted by Gasteiger charge is 2.34. The summed E-state index contributed by atoms with van der Waals surface area (Å²) in [6, 6.07) is 5.77. The van der Waals surface area contributed by atoms with Crippen molar-refractivity contribution in [2.75, 3.05) is 11.9 Å². The van der Waals surface area contributed by atoms with Gasteiger partial charge in [-0.15, -0.1) is 0 Å². The zero-order valence-electron chi connectivity index (χ0n) is 13.8. The summed E-state index contributed by atoms with van der Waals surface area (Å²) >= 11 is 0. The van der Waals surface area contributed by atoms with Crippen molar-refractivity contribution in [3.63, 3.8) is 0 Å². The number of pyridine rings is 1. The van der Waals surface area contributed by atoms with E-state index in [-0.39, 0.29) is 23.8 Å². The van der Waals surface area contributed by atoms with Gasteiger partial charge < -0.3 is 10.1 Å². The van der Waals surface area contributed by atoms with E-state index < -0.39 is 11.9 Å². The molecule has 0 saturated carbocycles. The third-order valence-electron chi connectivity index (χ3n) is 4.10. The zero-order chi connectivity index (χ0) is 17.9. The zero-order valence-corrected chi connectivity index (χ0v) is 13.8. The highest BCUT2D eigenvalue weighted by atomic mass is 19.4. The number of aromatic nitrogens is 3. The first-order chi connectivity index (χ1) is 12.0. The molecule has 8 heteroatoms. The second kappa shape index (κ2) is 7.35. The summed E-state index contributed by atoms with van der Waals surface area (Å²) in [5.74, 6) is 0.0745. The topological polar surface area (TPSA) is 59.9 Å². The van der Waals surface area contributed by atoms with Crippen molar-refractivity contribution in [1.82, 2.24) is 15.0 Å². The van der Waals surface area contributed by atoms with Crippen LogP contribution in [0.3, 0.4) is 0 Å². The number of hydrogen-bond acceptors (Lipinski definition) is 5. The minimum atomic E-state index is -4.56. The van der Waals surface area contributed by atoms with Gasteiger partial charge in [0.25, 0.3) is 0 Å². The molecule has 1 N–H and O–H groups in total. The van der Waals surface area contributed by atoms with Crippen LogP contribution < -0.4 is 5.32 Å². The van der Waals surface area contributed by atoms with Crippen LogP contribution in [0, 0.1) is 0 Å². The number of nitrogens with zero attached hydrogens (tertiary/aromatic N) is 3. The lowest BCUT2D eigenvalue weighted by molar-refractivity contribution is -0.141. The fourth-order valence-corrected chi connectivity index (χ4v) is 2.84. The number of hydrogen-bond donors (Lipinski definition) is 1. The molecule has 3 heterocycles. The summed E-state index contributed by atoms with van der Waals surface area (Å²) in [6.45, 7) is 2.64. The van der Waals surface area contributed by atoms with Crippen LogP contribution in [0.4, 0.5) is 19.0 Å². The summed E-state index contributed by atoms with van der Waals surface area (Å²) in [7, 11) is 0. The molecule has 1 saturated heterocycles. The number of anilines is 1. The van der Waals surface area contributed by atoms with E-state index in [1.807, 2.05) is 6.92 Å². The molecular formula is C17H19F3N4O. The predicted octanol–water partition coefficient (Wildman–Crippen LogP) is 3.93. The fourth-order valence-electron chi connectivity index (χ4n) is 2.84. The van der Waals surface area contributed by atoms with E-state index in [9.17, 15) is 13.2 Å². The van der Waals surface area contributed by atoms with Gasteiger partial charge in [-0.05, 0) is 31.4 Å². The van der Waals surface area contributed by atoms with Crippen molar-refractivity contribution in [2.45, 2.75) is 44.5 Å². The van der Waals surface area contributed by atoms with Crippen LogP contribution in [0.2, 0.25) is 0 Å². The first-order valence-electron chi connectivity index (χ1n) is 8.23. The van der Waals surface area contributed by atoms with Crippen LogP contribution in [-0.4, -0.2) is 33.7 Å². The van der Waals surface area contributed by atoms with E-state index in [2.05, 4.69) is 20.3 Å². The van der Waals surface area contributed by atoms with Gasteiger partial charge in [-0.3, -0.25) is 4.98 Å². The Hall–Kier alpha value is -2.22. The minimum Gasteiger partial charge on any atom is -0.376 e. The quantitative estimate of drug-likeness (QED) is 0.884. The summed E-state index contributed by atoms with van der Waals surface area (Å²) in [5, 5.41) is 3.09. The van der Waals surface area contributed by atoms with Crippen molar-refractivity contribution in [1.29, 1.82) is 0 Å². The molecule has 3 rings (SSSR count). The molecule has 2 atom stereocenters. The average molecular weight is 352 g/mol. The molecule has 0 amide bonds. The Balaban J connectivity index is 1.94. The number of rotatable bonds is 5. The molecular weight excluding hydrogens is 333 g/mol. The average Bonchev–Trinajstić information content (AvgIpc) is 3.14. The Morgan fingerprint density at radius 3 is 2.76 bits per heavy atom. The Morgan fingerprint density at radius 1 is 1.32 bits per heavy atom. The summed E-state index contributed by atoms with van der Waals surface area (Å²) in [5.41, 5.74) is -0.699.